The molecule has 17 heavy (non-hydrogen) atoms. The molecular formula is C14H21ClN2. The van der Waals surface area contributed by atoms with Crippen molar-refractivity contribution in [2.75, 3.05) is 24.5 Å². The molecule has 1 aliphatic rings. The Labute approximate surface area is 109 Å². The normalized spacial score (nSPS) is 19.4. The van der Waals surface area contributed by atoms with Crippen LogP contribution in [0.4, 0.5) is 5.69 Å². The number of hydrogen-bond donors (Lipinski definition) is 1. The molecule has 0 aromatic heterocycles. The maximum Gasteiger partial charge on any atom is 0.0426 e. The molecule has 0 bridgehead atoms. The summed E-state index contributed by atoms with van der Waals surface area (Å²) in [7, 11) is 0. The van der Waals surface area contributed by atoms with Crippen LogP contribution in [0.1, 0.15) is 26.7 Å². The Morgan fingerprint density at radius 3 is 2.76 bits per heavy atom. The van der Waals surface area contributed by atoms with Crippen molar-refractivity contribution < 1.29 is 0 Å². The second kappa shape index (κ2) is 5.28. The standard InChI is InChI=1S/C14H21ClN2/c1-3-14(4-2)11-17(9-8-16-14)13-7-5-6-12(15)10-13/h5-7,10,16H,3-4,8-9,11H2,1-2H3. The van der Waals surface area contributed by atoms with Crippen LogP contribution in [-0.4, -0.2) is 25.2 Å². The number of halogens is 1. The van der Waals surface area contributed by atoms with Crippen molar-refractivity contribution in [1.29, 1.82) is 0 Å². The van der Waals surface area contributed by atoms with Gasteiger partial charge in [-0.2, -0.15) is 0 Å². The molecule has 2 rings (SSSR count). The zero-order valence-corrected chi connectivity index (χ0v) is 11.4. The molecule has 2 nitrogen and oxygen atoms in total. The van der Waals surface area contributed by atoms with Crippen molar-refractivity contribution in [1.82, 2.24) is 5.32 Å². The molecule has 1 aromatic carbocycles. The van der Waals surface area contributed by atoms with Crippen molar-refractivity contribution in [3.63, 3.8) is 0 Å². The van der Waals surface area contributed by atoms with E-state index in [4.69, 9.17) is 11.6 Å². The van der Waals surface area contributed by atoms with E-state index in [0.29, 0.717) is 0 Å². The monoisotopic (exact) mass is 252 g/mol. The molecule has 1 aromatic rings. The molecule has 0 spiro atoms. The number of piperazine rings is 1. The molecule has 3 heteroatoms. The highest BCUT2D eigenvalue weighted by Gasteiger charge is 2.31. The Morgan fingerprint density at radius 2 is 2.12 bits per heavy atom. The smallest absolute Gasteiger partial charge is 0.0426 e. The minimum Gasteiger partial charge on any atom is -0.368 e. The first-order valence-electron chi connectivity index (χ1n) is 6.44. The Kier molecular flexibility index (Phi) is 3.95. The number of nitrogens with zero attached hydrogens (tertiary/aromatic N) is 1. The van der Waals surface area contributed by atoms with E-state index in [2.05, 4.69) is 36.2 Å². The van der Waals surface area contributed by atoms with Crippen molar-refractivity contribution in [3.8, 4) is 0 Å². The lowest BCUT2D eigenvalue weighted by molar-refractivity contribution is 0.277. The fourth-order valence-corrected chi connectivity index (χ4v) is 2.76. The van der Waals surface area contributed by atoms with Crippen LogP contribution in [0, 0.1) is 0 Å². The number of hydrogen-bond acceptors (Lipinski definition) is 2. The van der Waals surface area contributed by atoms with Gasteiger partial charge in [-0.05, 0) is 31.0 Å². The summed E-state index contributed by atoms with van der Waals surface area (Å²) in [6.45, 7) is 7.70. The first-order chi connectivity index (χ1) is 8.19. The van der Waals surface area contributed by atoms with Gasteiger partial charge in [-0.3, -0.25) is 0 Å². The van der Waals surface area contributed by atoms with Gasteiger partial charge in [0.2, 0.25) is 0 Å². The summed E-state index contributed by atoms with van der Waals surface area (Å²) < 4.78 is 0. The van der Waals surface area contributed by atoms with Crippen LogP contribution in [0.25, 0.3) is 0 Å². The highest BCUT2D eigenvalue weighted by Crippen LogP contribution is 2.26. The third-order valence-corrected chi connectivity index (χ3v) is 4.14. The summed E-state index contributed by atoms with van der Waals surface area (Å²) in [6, 6.07) is 8.16. The van der Waals surface area contributed by atoms with Crippen LogP contribution < -0.4 is 10.2 Å². The average Bonchev–Trinajstić information content (AvgIpc) is 2.39. The van der Waals surface area contributed by atoms with E-state index in [9.17, 15) is 0 Å². The van der Waals surface area contributed by atoms with Crippen LogP contribution in [0.3, 0.4) is 0 Å². The van der Waals surface area contributed by atoms with Crippen molar-refractivity contribution in [2.45, 2.75) is 32.2 Å². The first-order valence-corrected chi connectivity index (χ1v) is 6.82. The maximum atomic E-state index is 6.06. The lowest BCUT2D eigenvalue weighted by atomic mass is 9.90. The van der Waals surface area contributed by atoms with Gasteiger partial charge in [-0.25, -0.2) is 0 Å². The van der Waals surface area contributed by atoms with E-state index in [0.717, 1.165) is 24.7 Å². The third kappa shape index (κ3) is 2.75. The van der Waals surface area contributed by atoms with E-state index in [1.165, 1.54) is 18.5 Å². The lowest BCUT2D eigenvalue weighted by Crippen LogP contribution is -2.60. The van der Waals surface area contributed by atoms with E-state index >= 15 is 0 Å². The minimum atomic E-state index is 0.264. The van der Waals surface area contributed by atoms with E-state index in [1.807, 2.05) is 12.1 Å². The number of nitrogens with one attached hydrogen (secondary N) is 1. The summed E-state index contributed by atoms with van der Waals surface area (Å²) in [5, 5.41) is 4.49. The summed E-state index contributed by atoms with van der Waals surface area (Å²) in [6.07, 6.45) is 2.33. The van der Waals surface area contributed by atoms with Crippen LogP contribution in [0.15, 0.2) is 24.3 Å². The molecule has 1 fully saturated rings. The first kappa shape index (κ1) is 12.7. The highest BCUT2D eigenvalue weighted by molar-refractivity contribution is 6.30. The van der Waals surface area contributed by atoms with E-state index < -0.39 is 0 Å². The maximum absolute atomic E-state index is 6.06. The second-order valence-electron chi connectivity index (χ2n) is 4.82. The van der Waals surface area contributed by atoms with Gasteiger partial charge in [0, 0.05) is 35.9 Å². The van der Waals surface area contributed by atoms with Crippen LogP contribution >= 0.6 is 11.6 Å². The Hall–Kier alpha value is -0.730. The molecule has 0 aliphatic carbocycles. The zero-order valence-electron chi connectivity index (χ0n) is 10.7. The van der Waals surface area contributed by atoms with Crippen LogP contribution in [0.2, 0.25) is 5.02 Å². The van der Waals surface area contributed by atoms with Crippen molar-refractivity contribution in [3.05, 3.63) is 29.3 Å². The molecular weight excluding hydrogens is 232 g/mol. The average molecular weight is 253 g/mol. The SMILES string of the molecule is CCC1(CC)CN(c2cccc(Cl)c2)CCN1. The molecule has 0 amide bonds. The molecule has 0 radical (unpaired) electrons. The van der Waals surface area contributed by atoms with Gasteiger partial charge in [-0.1, -0.05) is 31.5 Å². The molecule has 1 heterocycles. The predicted octanol–water partition coefficient (Wildman–Crippen LogP) is 3.31. The Bertz CT molecular complexity index is 374. The van der Waals surface area contributed by atoms with Crippen LogP contribution in [-0.2, 0) is 0 Å². The van der Waals surface area contributed by atoms with Gasteiger partial charge >= 0.3 is 0 Å². The molecule has 94 valence electrons. The van der Waals surface area contributed by atoms with Gasteiger partial charge < -0.3 is 10.2 Å². The third-order valence-electron chi connectivity index (χ3n) is 3.90. The second-order valence-corrected chi connectivity index (χ2v) is 5.25. The number of rotatable bonds is 3. The van der Waals surface area contributed by atoms with E-state index in [1.54, 1.807) is 0 Å². The quantitative estimate of drug-likeness (QED) is 0.888. The predicted molar refractivity (Wildman–Crippen MR) is 75.0 cm³/mol. The molecule has 0 saturated carbocycles. The van der Waals surface area contributed by atoms with E-state index in [-0.39, 0.29) is 5.54 Å². The molecule has 0 unspecified atom stereocenters. The van der Waals surface area contributed by atoms with Crippen molar-refractivity contribution in [2.24, 2.45) is 0 Å². The van der Waals surface area contributed by atoms with Gasteiger partial charge in [-0.15, -0.1) is 0 Å². The van der Waals surface area contributed by atoms with Gasteiger partial charge in [0.15, 0.2) is 0 Å². The zero-order chi connectivity index (χ0) is 12.3. The Balaban J connectivity index is 2.17. The Morgan fingerprint density at radius 1 is 1.35 bits per heavy atom. The lowest BCUT2D eigenvalue weighted by Gasteiger charge is -2.44. The summed E-state index contributed by atoms with van der Waals surface area (Å²) in [5.41, 5.74) is 1.51. The van der Waals surface area contributed by atoms with Crippen molar-refractivity contribution >= 4 is 17.3 Å². The largest absolute Gasteiger partial charge is 0.368 e. The van der Waals surface area contributed by atoms with Crippen LogP contribution in [0.5, 0.6) is 0 Å². The number of benzene rings is 1. The van der Waals surface area contributed by atoms with Gasteiger partial charge in [0.1, 0.15) is 0 Å². The topological polar surface area (TPSA) is 15.3 Å². The minimum absolute atomic E-state index is 0.264. The van der Waals surface area contributed by atoms with Gasteiger partial charge in [0.05, 0.1) is 0 Å². The summed E-state index contributed by atoms with van der Waals surface area (Å²) in [4.78, 5) is 2.44. The molecule has 1 aliphatic heterocycles. The molecule has 1 saturated heterocycles. The summed E-state index contributed by atoms with van der Waals surface area (Å²) >= 11 is 6.06. The van der Waals surface area contributed by atoms with Gasteiger partial charge in [0.25, 0.3) is 0 Å². The fourth-order valence-electron chi connectivity index (χ4n) is 2.57. The molecule has 1 N–H and O–H groups in total. The highest BCUT2D eigenvalue weighted by atomic mass is 35.5. The number of anilines is 1. The summed E-state index contributed by atoms with van der Waals surface area (Å²) in [5.74, 6) is 0. The molecule has 0 atom stereocenters. The fraction of sp³-hybridized carbons (Fsp3) is 0.571.